The first-order valence-corrected chi connectivity index (χ1v) is 10.2. The van der Waals surface area contributed by atoms with Crippen molar-refractivity contribution in [1.82, 2.24) is 25.1 Å². The maximum Gasteiger partial charge on any atom is 0.253 e. The topological polar surface area (TPSA) is 63.9 Å². The quantitative estimate of drug-likeness (QED) is 0.488. The standard InChI is InChI=1S/C21H21N5OS/c1-3-4-9-25(2)21(27)16-10-15(11-17(12-16)26-14-22-23-24-26)19-13-28-20-8-6-5-7-18(19)20/h5-8,10-14H,3-4,9H2,1-2H3. The molecule has 0 aliphatic carbocycles. The van der Waals surface area contributed by atoms with Gasteiger partial charge < -0.3 is 4.90 Å². The minimum absolute atomic E-state index is 0.00385. The molecular formula is C21H21N5OS. The molecule has 0 N–H and O–H groups in total. The summed E-state index contributed by atoms with van der Waals surface area (Å²) in [6, 6.07) is 14.1. The van der Waals surface area contributed by atoms with Crippen molar-refractivity contribution in [2.24, 2.45) is 0 Å². The van der Waals surface area contributed by atoms with Gasteiger partial charge in [0.15, 0.2) is 0 Å². The third kappa shape index (κ3) is 3.53. The molecule has 6 nitrogen and oxygen atoms in total. The van der Waals surface area contributed by atoms with Gasteiger partial charge >= 0.3 is 0 Å². The number of rotatable bonds is 6. The van der Waals surface area contributed by atoms with Crippen LogP contribution in [-0.2, 0) is 0 Å². The van der Waals surface area contributed by atoms with Gasteiger partial charge in [-0.1, -0.05) is 31.5 Å². The molecule has 4 aromatic rings. The van der Waals surface area contributed by atoms with Crippen molar-refractivity contribution in [1.29, 1.82) is 0 Å². The highest BCUT2D eigenvalue weighted by molar-refractivity contribution is 7.17. The highest BCUT2D eigenvalue weighted by atomic mass is 32.1. The number of amides is 1. The first-order valence-electron chi connectivity index (χ1n) is 9.28. The number of unbranched alkanes of at least 4 members (excludes halogenated alkanes) is 1. The molecule has 0 fully saturated rings. The van der Waals surface area contributed by atoms with E-state index in [1.54, 1.807) is 27.2 Å². The fraction of sp³-hybridized carbons (Fsp3) is 0.238. The van der Waals surface area contributed by atoms with Gasteiger partial charge in [-0.2, -0.15) is 0 Å². The van der Waals surface area contributed by atoms with Gasteiger partial charge in [-0.25, -0.2) is 4.68 Å². The third-order valence-corrected chi connectivity index (χ3v) is 5.73. The predicted molar refractivity (Wildman–Crippen MR) is 112 cm³/mol. The van der Waals surface area contributed by atoms with E-state index in [1.807, 2.05) is 37.4 Å². The van der Waals surface area contributed by atoms with Gasteiger partial charge in [-0.3, -0.25) is 4.79 Å². The molecule has 1 amide bonds. The average Bonchev–Trinajstić information content (AvgIpc) is 3.41. The minimum Gasteiger partial charge on any atom is -0.342 e. The van der Waals surface area contributed by atoms with E-state index in [9.17, 15) is 4.79 Å². The summed E-state index contributed by atoms with van der Waals surface area (Å²) >= 11 is 1.70. The lowest BCUT2D eigenvalue weighted by Crippen LogP contribution is -2.27. The van der Waals surface area contributed by atoms with Crippen molar-refractivity contribution in [3.63, 3.8) is 0 Å². The molecule has 7 heteroatoms. The Morgan fingerprint density at radius 3 is 2.86 bits per heavy atom. The zero-order valence-corrected chi connectivity index (χ0v) is 16.7. The molecule has 0 spiro atoms. The van der Waals surface area contributed by atoms with Gasteiger partial charge in [0.05, 0.1) is 5.69 Å². The van der Waals surface area contributed by atoms with E-state index < -0.39 is 0 Å². The Morgan fingerprint density at radius 1 is 1.21 bits per heavy atom. The molecule has 0 saturated carbocycles. The summed E-state index contributed by atoms with van der Waals surface area (Å²) in [6.07, 6.45) is 3.57. The van der Waals surface area contributed by atoms with Crippen molar-refractivity contribution in [3.05, 3.63) is 59.7 Å². The van der Waals surface area contributed by atoms with Gasteiger partial charge in [0.2, 0.25) is 0 Å². The zero-order valence-electron chi connectivity index (χ0n) is 15.9. The Morgan fingerprint density at radius 2 is 2.07 bits per heavy atom. The SMILES string of the molecule is CCCCN(C)C(=O)c1cc(-c2csc3ccccc23)cc(-n2cnnn2)c1. The number of fused-ring (bicyclic) bond motifs is 1. The predicted octanol–water partition coefficient (Wildman–Crippen LogP) is 4.42. The molecule has 0 bridgehead atoms. The van der Waals surface area contributed by atoms with Crippen molar-refractivity contribution in [2.75, 3.05) is 13.6 Å². The van der Waals surface area contributed by atoms with Crippen molar-refractivity contribution < 1.29 is 4.79 Å². The Hall–Kier alpha value is -3.06. The highest BCUT2D eigenvalue weighted by Crippen LogP contribution is 2.35. The van der Waals surface area contributed by atoms with Crippen molar-refractivity contribution in [2.45, 2.75) is 19.8 Å². The number of nitrogens with zero attached hydrogens (tertiary/aromatic N) is 5. The molecule has 0 atom stereocenters. The maximum atomic E-state index is 13.0. The van der Waals surface area contributed by atoms with Crippen molar-refractivity contribution in [3.8, 4) is 16.8 Å². The van der Waals surface area contributed by atoms with Crippen LogP contribution in [0.25, 0.3) is 26.9 Å². The normalized spacial score (nSPS) is 11.1. The van der Waals surface area contributed by atoms with Gasteiger partial charge in [-0.15, -0.1) is 16.4 Å². The third-order valence-electron chi connectivity index (χ3n) is 4.76. The van der Waals surface area contributed by atoms with Crippen LogP contribution in [0, 0.1) is 0 Å². The maximum absolute atomic E-state index is 13.0. The largest absolute Gasteiger partial charge is 0.342 e. The summed E-state index contributed by atoms with van der Waals surface area (Å²) in [5.41, 5.74) is 3.50. The van der Waals surface area contributed by atoms with Crippen LogP contribution in [0.15, 0.2) is 54.2 Å². The van der Waals surface area contributed by atoms with E-state index in [1.165, 1.54) is 10.1 Å². The molecule has 0 aliphatic rings. The molecular weight excluding hydrogens is 370 g/mol. The average molecular weight is 392 g/mol. The summed E-state index contributed by atoms with van der Waals surface area (Å²) in [6.45, 7) is 2.86. The van der Waals surface area contributed by atoms with Crippen LogP contribution in [-0.4, -0.2) is 44.6 Å². The number of carbonyl (C=O) groups is 1. The summed E-state index contributed by atoms with van der Waals surface area (Å²) in [4.78, 5) is 14.8. The van der Waals surface area contributed by atoms with Crippen molar-refractivity contribution >= 4 is 27.3 Å². The van der Waals surface area contributed by atoms with E-state index in [2.05, 4.69) is 40.0 Å². The fourth-order valence-electron chi connectivity index (χ4n) is 3.22. The van der Waals surface area contributed by atoms with Crippen LogP contribution in [0.4, 0.5) is 0 Å². The van der Waals surface area contributed by atoms with Crippen LogP contribution < -0.4 is 0 Å². The number of hydrogen-bond donors (Lipinski definition) is 0. The Labute approximate surface area is 167 Å². The number of tetrazole rings is 1. The molecule has 0 unspecified atom stereocenters. The van der Waals surface area contributed by atoms with Crippen LogP contribution in [0.1, 0.15) is 30.1 Å². The number of carbonyl (C=O) groups excluding carboxylic acids is 1. The van der Waals surface area contributed by atoms with E-state index in [0.717, 1.165) is 36.2 Å². The minimum atomic E-state index is 0.00385. The lowest BCUT2D eigenvalue weighted by molar-refractivity contribution is 0.0793. The van der Waals surface area contributed by atoms with Crippen LogP contribution >= 0.6 is 11.3 Å². The Balaban J connectivity index is 1.82. The van der Waals surface area contributed by atoms with Gasteiger partial charge in [0.1, 0.15) is 6.33 Å². The monoisotopic (exact) mass is 391 g/mol. The Bertz CT molecular complexity index is 1100. The lowest BCUT2D eigenvalue weighted by Gasteiger charge is -2.18. The van der Waals surface area contributed by atoms with E-state index in [-0.39, 0.29) is 5.91 Å². The van der Waals surface area contributed by atoms with E-state index in [0.29, 0.717) is 5.56 Å². The molecule has 0 radical (unpaired) electrons. The summed E-state index contributed by atoms with van der Waals surface area (Å²) < 4.78 is 2.80. The van der Waals surface area contributed by atoms with Crippen LogP contribution in [0.2, 0.25) is 0 Å². The molecule has 2 aromatic heterocycles. The van der Waals surface area contributed by atoms with Crippen LogP contribution in [0.3, 0.4) is 0 Å². The number of thiophene rings is 1. The van der Waals surface area contributed by atoms with Gasteiger partial charge in [0, 0.05) is 34.8 Å². The zero-order chi connectivity index (χ0) is 19.5. The molecule has 0 saturated heterocycles. The summed E-state index contributed by atoms with van der Waals surface area (Å²) in [5, 5.41) is 14.8. The highest BCUT2D eigenvalue weighted by Gasteiger charge is 2.16. The summed E-state index contributed by atoms with van der Waals surface area (Å²) in [7, 11) is 1.85. The number of aromatic nitrogens is 4. The molecule has 4 rings (SSSR count). The molecule has 2 heterocycles. The Kier molecular flexibility index (Phi) is 5.16. The second kappa shape index (κ2) is 7.90. The first kappa shape index (κ1) is 18.3. The van der Waals surface area contributed by atoms with Gasteiger partial charge in [0.25, 0.3) is 5.91 Å². The fourth-order valence-corrected chi connectivity index (χ4v) is 4.19. The van der Waals surface area contributed by atoms with Crippen LogP contribution in [0.5, 0.6) is 0 Å². The molecule has 142 valence electrons. The lowest BCUT2D eigenvalue weighted by atomic mass is 10.0. The summed E-state index contributed by atoms with van der Waals surface area (Å²) in [5.74, 6) is 0.00385. The molecule has 0 aliphatic heterocycles. The first-order chi connectivity index (χ1) is 13.7. The second-order valence-electron chi connectivity index (χ2n) is 6.75. The van der Waals surface area contributed by atoms with E-state index >= 15 is 0 Å². The smallest absolute Gasteiger partial charge is 0.253 e. The molecule has 2 aromatic carbocycles. The second-order valence-corrected chi connectivity index (χ2v) is 7.66. The number of hydrogen-bond acceptors (Lipinski definition) is 5. The van der Waals surface area contributed by atoms with Gasteiger partial charge in [-0.05, 0) is 52.1 Å². The number of benzene rings is 2. The molecule has 28 heavy (non-hydrogen) atoms. The van der Waals surface area contributed by atoms with E-state index in [4.69, 9.17) is 0 Å².